The van der Waals surface area contributed by atoms with Crippen molar-refractivity contribution in [2.45, 2.75) is 32.2 Å². The van der Waals surface area contributed by atoms with Crippen LogP contribution in [0.3, 0.4) is 0 Å². The van der Waals surface area contributed by atoms with Crippen molar-refractivity contribution in [3.05, 3.63) is 24.3 Å². The van der Waals surface area contributed by atoms with Gasteiger partial charge >= 0.3 is 6.03 Å². The molecule has 0 saturated carbocycles. The van der Waals surface area contributed by atoms with Crippen LogP contribution in [0.5, 0.6) is 0 Å². The molecule has 0 bridgehead atoms. The Balaban J connectivity index is 1.92. The predicted octanol–water partition coefficient (Wildman–Crippen LogP) is 1.67. The van der Waals surface area contributed by atoms with Crippen LogP contribution in [0.15, 0.2) is 24.3 Å². The fraction of sp³-hybridized carbons (Fsp3) is 0.467. The molecule has 1 atom stereocenters. The van der Waals surface area contributed by atoms with Gasteiger partial charge in [0.15, 0.2) is 0 Å². The summed E-state index contributed by atoms with van der Waals surface area (Å²) >= 11 is 0. The van der Waals surface area contributed by atoms with Crippen molar-refractivity contribution in [3.8, 4) is 0 Å². The lowest BCUT2D eigenvalue weighted by atomic mass is 10.1. The average molecular weight is 290 g/mol. The maximum Gasteiger partial charge on any atom is 0.318 e. The zero-order valence-corrected chi connectivity index (χ0v) is 12.3. The van der Waals surface area contributed by atoms with Crippen LogP contribution in [0, 0.1) is 0 Å². The lowest BCUT2D eigenvalue weighted by molar-refractivity contribution is -0.120. The number of benzene rings is 1. The van der Waals surface area contributed by atoms with E-state index in [1.54, 1.807) is 6.92 Å². The molecular formula is C15H22N4O2. The van der Waals surface area contributed by atoms with E-state index in [1.807, 2.05) is 24.3 Å². The molecule has 1 saturated heterocycles. The van der Waals surface area contributed by atoms with E-state index < -0.39 is 18.0 Å². The lowest BCUT2D eigenvalue weighted by Gasteiger charge is -2.29. The Labute approximate surface area is 124 Å². The first-order valence-corrected chi connectivity index (χ1v) is 7.28. The SMILES string of the molecule is C[C@H](Nc1ccc(N2CCCCC2)cc1)C(=O)NC(N)=O. The predicted molar refractivity (Wildman–Crippen MR) is 83.3 cm³/mol. The van der Waals surface area contributed by atoms with Gasteiger partial charge in [-0.25, -0.2) is 4.79 Å². The number of nitrogens with two attached hydrogens (primary N) is 1. The van der Waals surface area contributed by atoms with E-state index in [9.17, 15) is 9.59 Å². The van der Waals surface area contributed by atoms with Crippen LogP contribution in [0.4, 0.5) is 16.2 Å². The Kier molecular flexibility index (Phi) is 5.03. The molecule has 1 aromatic carbocycles. The van der Waals surface area contributed by atoms with Crippen LogP contribution in [-0.2, 0) is 4.79 Å². The molecule has 0 aliphatic carbocycles. The van der Waals surface area contributed by atoms with Gasteiger partial charge in [-0.1, -0.05) is 0 Å². The number of rotatable bonds is 4. The van der Waals surface area contributed by atoms with Gasteiger partial charge in [-0.05, 0) is 50.5 Å². The molecule has 6 nitrogen and oxygen atoms in total. The van der Waals surface area contributed by atoms with E-state index >= 15 is 0 Å². The fourth-order valence-electron chi connectivity index (χ4n) is 2.47. The minimum atomic E-state index is -0.839. The Morgan fingerprint density at radius 1 is 1.14 bits per heavy atom. The van der Waals surface area contributed by atoms with E-state index in [0.717, 1.165) is 18.8 Å². The molecule has 0 radical (unpaired) electrons. The number of nitrogens with zero attached hydrogens (tertiary/aromatic N) is 1. The number of nitrogens with one attached hydrogen (secondary N) is 2. The van der Waals surface area contributed by atoms with E-state index in [4.69, 9.17) is 5.73 Å². The van der Waals surface area contributed by atoms with Crippen LogP contribution >= 0.6 is 0 Å². The summed E-state index contributed by atoms with van der Waals surface area (Å²) in [4.78, 5) is 24.6. The summed E-state index contributed by atoms with van der Waals surface area (Å²) < 4.78 is 0. The highest BCUT2D eigenvalue weighted by molar-refractivity contribution is 5.97. The minimum absolute atomic E-state index is 0.442. The number of carbonyl (C=O) groups excluding carboxylic acids is 2. The van der Waals surface area contributed by atoms with E-state index in [1.165, 1.54) is 24.9 Å². The molecule has 4 N–H and O–H groups in total. The van der Waals surface area contributed by atoms with Gasteiger partial charge in [0.2, 0.25) is 5.91 Å². The number of urea groups is 1. The van der Waals surface area contributed by atoms with E-state index in [-0.39, 0.29) is 0 Å². The monoisotopic (exact) mass is 290 g/mol. The first-order chi connectivity index (χ1) is 10.1. The number of amides is 3. The molecule has 1 fully saturated rings. The molecule has 1 aliphatic heterocycles. The van der Waals surface area contributed by atoms with Gasteiger partial charge < -0.3 is 16.0 Å². The lowest BCUT2D eigenvalue weighted by Crippen LogP contribution is -2.43. The summed E-state index contributed by atoms with van der Waals surface area (Å²) in [6, 6.07) is 6.61. The first-order valence-electron chi connectivity index (χ1n) is 7.28. The quantitative estimate of drug-likeness (QED) is 0.787. The number of hydrogen-bond donors (Lipinski definition) is 3. The number of hydrogen-bond acceptors (Lipinski definition) is 4. The van der Waals surface area contributed by atoms with Gasteiger partial charge in [-0.3, -0.25) is 10.1 Å². The molecule has 2 rings (SSSR count). The Bertz CT molecular complexity index is 495. The van der Waals surface area contributed by atoms with Crippen LogP contribution in [0.1, 0.15) is 26.2 Å². The normalized spacial score (nSPS) is 16.1. The maximum absolute atomic E-state index is 11.6. The number of imide groups is 1. The molecule has 1 aromatic rings. The van der Waals surface area contributed by atoms with Crippen molar-refractivity contribution >= 4 is 23.3 Å². The van der Waals surface area contributed by atoms with Crippen molar-refractivity contribution in [2.24, 2.45) is 5.73 Å². The van der Waals surface area contributed by atoms with Crippen molar-refractivity contribution < 1.29 is 9.59 Å². The summed E-state index contributed by atoms with van der Waals surface area (Å²) in [6.45, 7) is 3.88. The minimum Gasteiger partial charge on any atom is -0.374 e. The molecule has 21 heavy (non-hydrogen) atoms. The molecule has 6 heteroatoms. The molecule has 0 spiro atoms. The third-order valence-electron chi connectivity index (χ3n) is 3.61. The summed E-state index contributed by atoms with van der Waals surface area (Å²) in [7, 11) is 0. The van der Waals surface area contributed by atoms with E-state index in [0.29, 0.717) is 0 Å². The maximum atomic E-state index is 11.6. The Hall–Kier alpha value is -2.24. The fourth-order valence-corrected chi connectivity index (χ4v) is 2.47. The first kappa shape index (κ1) is 15.2. The molecule has 1 heterocycles. The van der Waals surface area contributed by atoms with Gasteiger partial charge in [-0.15, -0.1) is 0 Å². The number of piperidine rings is 1. The highest BCUT2D eigenvalue weighted by atomic mass is 16.2. The third kappa shape index (κ3) is 4.37. The van der Waals surface area contributed by atoms with Gasteiger partial charge in [-0.2, -0.15) is 0 Å². The van der Waals surface area contributed by atoms with Crippen molar-refractivity contribution in [1.29, 1.82) is 0 Å². The standard InChI is InChI=1S/C15H22N4O2/c1-11(14(20)18-15(16)21)17-12-5-7-13(8-6-12)19-9-3-2-4-10-19/h5-8,11,17H,2-4,9-10H2,1H3,(H3,16,18,20,21)/t11-/m0/s1. The summed E-state index contributed by atoms with van der Waals surface area (Å²) in [5.74, 6) is -0.442. The van der Waals surface area contributed by atoms with Crippen molar-refractivity contribution in [3.63, 3.8) is 0 Å². The van der Waals surface area contributed by atoms with Gasteiger partial charge in [0.05, 0.1) is 0 Å². The second kappa shape index (κ2) is 6.97. The molecular weight excluding hydrogens is 268 g/mol. The summed E-state index contributed by atoms with van der Waals surface area (Å²) in [5.41, 5.74) is 6.96. The largest absolute Gasteiger partial charge is 0.374 e. The zero-order chi connectivity index (χ0) is 15.2. The second-order valence-electron chi connectivity index (χ2n) is 5.31. The van der Waals surface area contributed by atoms with Crippen LogP contribution in [-0.4, -0.2) is 31.1 Å². The molecule has 1 aliphatic rings. The van der Waals surface area contributed by atoms with E-state index in [2.05, 4.69) is 15.5 Å². The van der Waals surface area contributed by atoms with Crippen LogP contribution in [0.25, 0.3) is 0 Å². The number of anilines is 2. The third-order valence-corrected chi connectivity index (χ3v) is 3.61. The Morgan fingerprint density at radius 3 is 2.33 bits per heavy atom. The zero-order valence-electron chi connectivity index (χ0n) is 12.3. The Morgan fingerprint density at radius 2 is 1.76 bits per heavy atom. The van der Waals surface area contributed by atoms with Crippen LogP contribution < -0.4 is 21.3 Å². The van der Waals surface area contributed by atoms with Gasteiger partial charge in [0.1, 0.15) is 6.04 Å². The molecule has 3 amide bonds. The van der Waals surface area contributed by atoms with Crippen molar-refractivity contribution in [2.75, 3.05) is 23.3 Å². The summed E-state index contributed by atoms with van der Waals surface area (Å²) in [6.07, 6.45) is 3.79. The molecule has 0 unspecified atom stereocenters. The number of primary amides is 1. The van der Waals surface area contributed by atoms with Gasteiger partial charge in [0, 0.05) is 24.5 Å². The topological polar surface area (TPSA) is 87.5 Å². The second-order valence-corrected chi connectivity index (χ2v) is 5.31. The highest BCUT2D eigenvalue weighted by Crippen LogP contribution is 2.22. The van der Waals surface area contributed by atoms with Gasteiger partial charge in [0.25, 0.3) is 0 Å². The molecule has 114 valence electrons. The highest BCUT2D eigenvalue weighted by Gasteiger charge is 2.14. The molecule has 0 aromatic heterocycles. The number of carbonyl (C=O) groups is 2. The van der Waals surface area contributed by atoms with Crippen molar-refractivity contribution in [1.82, 2.24) is 5.32 Å². The van der Waals surface area contributed by atoms with Crippen LogP contribution in [0.2, 0.25) is 0 Å². The average Bonchev–Trinajstić information content (AvgIpc) is 2.48. The smallest absolute Gasteiger partial charge is 0.318 e. The summed E-state index contributed by atoms with van der Waals surface area (Å²) in [5, 5.41) is 5.09.